The minimum Gasteiger partial charge on any atom is -0.326 e. The molecule has 0 spiro atoms. The van der Waals surface area contributed by atoms with Gasteiger partial charge in [-0.1, -0.05) is 6.92 Å². The van der Waals surface area contributed by atoms with Gasteiger partial charge < -0.3 is 5.73 Å². The fourth-order valence-corrected chi connectivity index (χ4v) is 1.46. The summed E-state index contributed by atoms with van der Waals surface area (Å²) in [6.45, 7) is 7.84. The fraction of sp³-hybridized carbons (Fsp3) is 0.667. The summed E-state index contributed by atoms with van der Waals surface area (Å²) in [4.78, 5) is 0. The largest absolute Gasteiger partial charge is 0.326 e. The average molecular weight is 204 g/mol. The Morgan fingerprint density at radius 1 is 1.38 bits per heavy atom. The molecule has 0 saturated heterocycles. The van der Waals surface area contributed by atoms with Crippen LogP contribution in [0.4, 0.5) is 0 Å². The second-order valence-corrected chi connectivity index (χ2v) is 3.08. The molecule has 0 aliphatic heterocycles. The van der Waals surface area contributed by atoms with Crippen molar-refractivity contribution >= 4 is 12.4 Å². The monoisotopic (exact) mass is 203 g/mol. The summed E-state index contributed by atoms with van der Waals surface area (Å²) in [6.07, 6.45) is 1.12. The van der Waals surface area contributed by atoms with E-state index < -0.39 is 0 Å². The molecule has 0 unspecified atom stereocenters. The van der Waals surface area contributed by atoms with Gasteiger partial charge in [0, 0.05) is 24.3 Å². The van der Waals surface area contributed by atoms with Crippen LogP contribution >= 0.6 is 12.4 Å². The summed E-state index contributed by atoms with van der Waals surface area (Å²) in [5.41, 5.74) is 9.10. The lowest BCUT2D eigenvalue weighted by atomic mass is 10.2. The Balaban J connectivity index is 0.00000144. The molecule has 3 nitrogen and oxygen atoms in total. The lowest BCUT2D eigenvalue weighted by molar-refractivity contribution is 0.582. The molecule has 1 aromatic heterocycles. The minimum absolute atomic E-state index is 0. The SMILES string of the molecule is CCCn1nc(C)c(CN)c1C.Cl. The van der Waals surface area contributed by atoms with Gasteiger partial charge in [-0.3, -0.25) is 4.68 Å². The number of aryl methyl sites for hydroxylation is 2. The lowest BCUT2D eigenvalue weighted by Crippen LogP contribution is -2.03. The molecule has 76 valence electrons. The van der Waals surface area contributed by atoms with Gasteiger partial charge in [-0.25, -0.2) is 0 Å². The third kappa shape index (κ3) is 2.45. The van der Waals surface area contributed by atoms with Crippen LogP contribution in [0.3, 0.4) is 0 Å². The molecule has 4 heteroatoms. The maximum absolute atomic E-state index is 5.61. The Kier molecular flexibility index (Phi) is 5.03. The smallest absolute Gasteiger partial charge is 0.0641 e. The van der Waals surface area contributed by atoms with Gasteiger partial charge in [0.1, 0.15) is 0 Å². The summed E-state index contributed by atoms with van der Waals surface area (Å²) in [6, 6.07) is 0. The van der Waals surface area contributed by atoms with Crippen LogP contribution in [-0.4, -0.2) is 9.78 Å². The van der Waals surface area contributed by atoms with Crippen LogP contribution in [0.1, 0.15) is 30.3 Å². The molecule has 1 heterocycles. The summed E-state index contributed by atoms with van der Waals surface area (Å²) < 4.78 is 2.04. The van der Waals surface area contributed by atoms with Crippen molar-refractivity contribution in [1.82, 2.24) is 9.78 Å². The second-order valence-electron chi connectivity index (χ2n) is 3.08. The van der Waals surface area contributed by atoms with E-state index in [0.29, 0.717) is 6.54 Å². The Hall–Kier alpha value is -0.540. The lowest BCUT2D eigenvalue weighted by Gasteiger charge is -2.01. The van der Waals surface area contributed by atoms with Crippen LogP contribution < -0.4 is 5.73 Å². The molecular formula is C9H18ClN3. The van der Waals surface area contributed by atoms with Crippen LogP contribution in [-0.2, 0) is 13.1 Å². The molecule has 0 aromatic carbocycles. The first-order valence-electron chi connectivity index (χ1n) is 4.43. The number of rotatable bonds is 3. The van der Waals surface area contributed by atoms with E-state index >= 15 is 0 Å². The third-order valence-corrected chi connectivity index (χ3v) is 2.17. The Labute approximate surface area is 85.7 Å². The normalized spacial score (nSPS) is 9.85. The van der Waals surface area contributed by atoms with E-state index in [2.05, 4.69) is 18.9 Å². The number of hydrogen-bond donors (Lipinski definition) is 1. The van der Waals surface area contributed by atoms with E-state index in [9.17, 15) is 0 Å². The molecule has 1 aromatic rings. The van der Waals surface area contributed by atoms with Gasteiger partial charge in [0.25, 0.3) is 0 Å². The van der Waals surface area contributed by atoms with E-state index in [1.54, 1.807) is 0 Å². The van der Waals surface area contributed by atoms with E-state index in [0.717, 1.165) is 18.7 Å². The summed E-state index contributed by atoms with van der Waals surface area (Å²) in [5, 5.41) is 4.41. The number of halogens is 1. The van der Waals surface area contributed by atoms with Gasteiger partial charge in [-0.2, -0.15) is 5.10 Å². The highest BCUT2D eigenvalue weighted by Crippen LogP contribution is 2.11. The first kappa shape index (κ1) is 12.5. The predicted molar refractivity (Wildman–Crippen MR) is 57.1 cm³/mol. The molecule has 0 atom stereocenters. The average Bonchev–Trinajstić information content (AvgIpc) is 2.29. The molecule has 0 aliphatic carbocycles. The molecular weight excluding hydrogens is 186 g/mol. The van der Waals surface area contributed by atoms with Crippen LogP contribution in [0.25, 0.3) is 0 Å². The van der Waals surface area contributed by atoms with Gasteiger partial charge in [-0.15, -0.1) is 12.4 Å². The first-order chi connectivity index (χ1) is 5.70. The maximum Gasteiger partial charge on any atom is 0.0641 e. The van der Waals surface area contributed by atoms with E-state index in [1.807, 2.05) is 11.6 Å². The highest BCUT2D eigenvalue weighted by molar-refractivity contribution is 5.85. The van der Waals surface area contributed by atoms with Crippen molar-refractivity contribution in [2.45, 2.75) is 40.3 Å². The zero-order chi connectivity index (χ0) is 9.14. The summed E-state index contributed by atoms with van der Waals surface area (Å²) >= 11 is 0. The van der Waals surface area contributed by atoms with Crippen molar-refractivity contribution < 1.29 is 0 Å². The molecule has 0 aliphatic rings. The molecule has 0 fully saturated rings. The number of aromatic nitrogens is 2. The minimum atomic E-state index is 0. The first-order valence-corrected chi connectivity index (χ1v) is 4.43. The van der Waals surface area contributed by atoms with Gasteiger partial charge in [0.05, 0.1) is 5.69 Å². The zero-order valence-corrected chi connectivity index (χ0v) is 9.32. The summed E-state index contributed by atoms with van der Waals surface area (Å²) in [7, 11) is 0. The van der Waals surface area contributed by atoms with E-state index in [1.165, 1.54) is 11.3 Å². The van der Waals surface area contributed by atoms with Crippen molar-refractivity contribution in [3.05, 3.63) is 17.0 Å². The predicted octanol–water partition coefficient (Wildman–Crippen LogP) is 1.79. The van der Waals surface area contributed by atoms with Gasteiger partial charge in [0.15, 0.2) is 0 Å². The van der Waals surface area contributed by atoms with Crippen LogP contribution in [0.5, 0.6) is 0 Å². The fourth-order valence-electron chi connectivity index (χ4n) is 1.46. The second kappa shape index (κ2) is 5.25. The number of hydrogen-bond acceptors (Lipinski definition) is 2. The molecule has 0 bridgehead atoms. The van der Waals surface area contributed by atoms with E-state index in [-0.39, 0.29) is 12.4 Å². The zero-order valence-electron chi connectivity index (χ0n) is 8.50. The Bertz CT molecular complexity index is 268. The highest BCUT2D eigenvalue weighted by Gasteiger charge is 2.08. The highest BCUT2D eigenvalue weighted by atomic mass is 35.5. The van der Waals surface area contributed by atoms with Crippen molar-refractivity contribution in [2.75, 3.05) is 0 Å². The Morgan fingerprint density at radius 3 is 2.38 bits per heavy atom. The van der Waals surface area contributed by atoms with E-state index in [4.69, 9.17) is 5.73 Å². The Morgan fingerprint density at radius 2 is 2.00 bits per heavy atom. The van der Waals surface area contributed by atoms with Gasteiger partial charge in [-0.05, 0) is 20.3 Å². The van der Waals surface area contributed by atoms with Crippen molar-refractivity contribution in [3.8, 4) is 0 Å². The molecule has 13 heavy (non-hydrogen) atoms. The number of nitrogens with two attached hydrogens (primary N) is 1. The van der Waals surface area contributed by atoms with Gasteiger partial charge >= 0.3 is 0 Å². The van der Waals surface area contributed by atoms with Crippen LogP contribution in [0, 0.1) is 13.8 Å². The number of nitrogens with zero attached hydrogens (tertiary/aromatic N) is 2. The van der Waals surface area contributed by atoms with Crippen LogP contribution in [0.2, 0.25) is 0 Å². The standard InChI is InChI=1S/C9H17N3.ClH/c1-4-5-12-8(3)9(6-10)7(2)11-12;/h4-6,10H2,1-3H3;1H. The molecule has 2 N–H and O–H groups in total. The third-order valence-electron chi connectivity index (χ3n) is 2.17. The molecule has 0 saturated carbocycles. The van der Waals surface area contributed by atoms with Gasteiger partial charge in [0.2, 0.25) is 0 Å². The molecule has 0 amide bonds. The summed E-state index contributed by atoms with van der Waals surface area (Å²) in [5.74, 6) is 0. The molecule has 1 rings (SSSR count). The molecule has 0 radical (unpaired) electrons. The van der Waals surface area contributed by atoms with Crippen molar-refractivity contribution in [1.29, 1.82) is 0 Å². The van der Waals surface area contributed by atoms with Crippen LogP contribution in [0.15, 0.2) is 0 Å². The van der Waals surface area contributed by atoms with Crippen molar-refractivity contribution in [3.63, 3.8) is 0 Å². The quantitative estimate of drug-likeness (QED) is 0.814. The maximum atomic E-state index is 5.61. The van der Waals surface area contributed by atoms with Crippen molar-refractivity contribution in [2.24, 2.45) is 5.73 Å². The topological polar surface area (TPSA) is 43.8 Å².